The van der Waals surface area contributed by atoms with Crippen LogP contribution in [0.1, 0.15) is 36.5 Å². The van der Waals surface area contributed by atoms with Crippen LogP contribution in [0.5, 0.6) is 0 Å². The van der Waals surface area contributed by atoms with Gasteiger partial charge in [-0.2, -0.15) is 0 Å². The molecule has 0 bridgehead atoms. The van der Waals surface area contributed by atoms with Gasteiger partial charge in [-0.1, -0.05) is 24.3 Å². The van der Waals surface area contributed by atoms with Crippen molar-refractivity contribution < 1.29 is 4.79 Å². The molecule has 2 saturated heterocycles. The number of amides is 1. The molecule has 1 aromatic heterocycles. The molecule has 2 aromatic carbocycles. The number of hydrogen-bond acceptors (Lipinski definition) is 5. The molecule has 34 heavy (non-hydrogen) atoms. The molecule has 0 radical (unpaired) electrons. The topological polar surface area (TPSA) is 51.7 Å². The third kappa shape index (κ3) is 5.02. The molecule has 6 heteroatoms. The number of rotatable bonds is 7. The summed E-state index contributed by atoms with van der Waals surface area (Å²) >= 11 is 0. The maximum atomic E-state index is 12.9. The minimum Gasteiger partial charge on any atom is -0.368 e. The Labute approximate surface area is 202 Å². The van der Waals surface area contributed by atoms with Crippen molar-refractivity contribution in [1.29, 1.82) is 0 Å². The van der Waals surface area contributed by atoms with Crippen LogP contribution in [0.15, 0.2) is 60.8 Å². The summed E-state index contributed by atoms with van der Waals surface area (Å²) in [5.41, 5.74) is 1.98. The Hall–Kier alpha value is -3.12. The molecule has 2 aliphatic rings. The fourth-order valence-electron chi connectivity index (χ4n) is 5.22. The van der Waals surface area contributed by atoms with Gasteiger partial charge in [0.1, 0.15) is 5.82 Å². The van der Waals surface area contributed by atoms with Crippen LogP contribution in [0.25, 0.3) is 10.8 Å². The van der Waals surface area contributed by atoms with E-state index in [0.29, 0.717) is 18.2 Å². The molecule has 0 aliphatic carbocycles. The minimum absolute atomic E-state index is 0.000720. The van der Waals surface area contributed by atoms with E-state index in [0.717, 1.165) is 49.2 Å². The number of anilines is 2. The van der Waals surface area contributed by atoms with E-state index in [2.05, 4.69) is 57.3 Å². The van der Waals surface area contributed by atoms with Crippen LogP contribution < -0.4 is 15.1 Å². The highest BCUT2D eigenvalue weighted by Crippen LogP contribution is 2.27. The Kier molecular flexibility index (Phi) is 6.95. The van der Waals surface area contributed by atoms with Gasteiger partial charge >= 0.3 is 0 Å². The molecule has 1 amide bonds. The second-order valence-electron chi connectivity index (χ2n) is 9.52. The van der Waals surface area contributed by atoms with E-state index in [1.165, 1.54) is 31.6 Å². The van der Waals surface area contributed by atoms with Crippen molar-refractivity contribution in [2.45, 2.75) is 32.2 Å². The summed E-state index contributed by atoms with van der Waals surface area (Å²) in [4.78, 5) is 24.9. The molecule has 6 nitrogen and oxygen atoms in total. The number of fused-ring (bicyclic) bond motifs is 1. The highest BCUT2D eigenvalue weighted by Gasteiger charge is 2.21. The van der Waals surface area contributed by atoms with Crippen LogP contribution in [0.2, 0.25) is 0 Å². The first-order chi connectivity index (χ1) is 16.7. The summed E-state index contributed by atoms with van der Waals surface area (Å²) < 4.78 is 0. The Morgan fingerprint density at radius 2 is 1.68 bits per heavy atom. The van der Waals surface area contributed by atoms with Crippen molar-refractivity contribution in [2.24, 2.45) is 0 Å². The molecular weight excluding hydrogens is 422 g/mol. The number of carbonyl (C=O) groups excluding carboxylic acids is 1. The van der Waals surface area contributed by atoms with Crippen molar-refractivity contribution in [3.8, 4) is 0 Å². The van der Waals surface area contributed by atoms with Gasteiger partial charge in [-0.3, -0.25) is 4.79 Å². The fraction of sp³-hybridized carbons (Fsp3) is 0.429. The van der Waals surface area contributed by atoms with Gasteiger partial charge in [-0.25, -0.2) is 4.98 Å². The second-order valence-corrected chi connectivity index (χ2v) is 9.52. The van der Waals surface area contributed by atoms with Crippen molar-refractivity contribution in [2.75, 3.05) is 55.6 Å². The highest BCUT2D eigenvalue weighted by atomic mass is 16.1. The number of aromatic nitrogens is 1. The van der Waals surface area contributed by atoms with Crippen LogP contribution in [-0.4, -0.2) is 67.6 Å². The summed E-state index contributed by atoms with van der Waals surface area (Å²) in [6.07, 6.45) is 5.45. The van der Waals surface area contributed by atoms with Crippen molar-refractivity contribution >= 4 is 28.2 Å². The molecule has 0 spiro atoms. The summed E-state index contributed by atoms with van der Waals surface area (Å²) in [5.74, 6) is 0.974. The lowest BCUT2D eigenvalue weighted by Gasteiger charge is -2.37. The van der Waals surface area contributed by atoms with Gasteiger partial charge in [-0.15, -0.1) is 0 Å². The monoisotopic (exact) mass is 457 g/mol. The van der Waals surface area contributed by atoms with Crippen LogP contribution in [0, 0.1) is 0 Å². The van der Waals surface area contributed by atoms with Crippen LogP contribution in [-0.2, 0) is 0 Å². The smallest absolute Gasteiger partial charge is 0.251 e. The van der Waals surface area contributed by atoms with Gasteiger partial charge in [0.2, 0.25) is 0 Å². The molecule has 0 saturated carbocycles. The van der Waals surface area contributed by atoms with Crippen molar-refractivity contribution in [3.05, 3.63) is 66.4 Å². The first-order valence-electron chi connectivity index (χ1n) is 12.6. The Morgan fingerprint density at radius 3 is 2.44 bits per heavy atom. The summed E-state index contributed by atoms with van der Waals surface area (Å²) in [6.45, 7) is 9.08. The van der Waals surface area contributed by atoms with Crippen LogP contribution >= 0.6 is 0 Å². The number of carbonyl (C=O) groups is 1. The fourth-order valence-corrected chi connectivity index (χ4v) is 5.22. The average Bonchev–Trinajstić information content (AvgIpc) is 3.44. The quantitative estimate of drug-likeness (QED) is 0.577. The van der Waals surface area contributed by atoms with E-state index in [4.69, 9.17) is 4.98 Å². The molecule has 2 aliphatic heterocycles. The predicted octanol–water partition coefficient (Wildman–Crippen LogP) is 4.17. The van der Waals surface area contributed by atoms with Gasteiger partial charge < -0.3 is 20.0 Å². The number of nitrogens with one attached hydrogen (secondary N) is 1. The zero-order valence-corrected chi connectivity index (χ0v) is 20.1. The lowest BCUT2D eigenvalue weighted by atomic mass is 10.1. The molecule has 1 atom stereocenters. The molecule has 1 N–H and O–H groups in total. The van der Waals surface area contributed by atoms with E-state index >= 15 is 0 Å². The molecule has 178 valence electrons. The molecular formula is C28H35N5O. The van der Waals surface area contributed by atoms with E-state index in [9.17, 15) is 4.79 Å². The molecule has 3 aromatic rings. The standard InChI is InChI=1S/C28H35N5O/c1-22(31-15-5-6-16-31)11-13-30-28(34)24-10-9-23-12-14-29-27(26(23)21-24)33-19-17-32(18-20-33)25-7-3-2-4-8-25/h2-4,7-10,12,14,21-22H,5-6,11,13,15-20H2,1H3,(H,30,34)/t22-/m1/s1. The molecule has 2 fully saturated rings. The second kappa shape index (κ2) is 10.4. The largest absolute Gasteiger partial charge is 0.368 e. The molecule has 3 heterocycles. The zero-order chi connectivity index (χ0) is 23.3. The van der Waals surface area contributed by atoms with E-state index in [1.54, 1.807) is 0 Å². The lowest BCUT2D eigenvalue weighted by molar-refractivity contribution is 0.0949. The Balaban J connectivity index is 1.24. The van der Waals surface area contributed by atoms with E-state index in [1.807, 2.05) is 30.5 Å². The lowest BCUT2D eigenvalue weighted by Crippen LogP contribution is -2.46. The number of piperazine rings is 1. The SMILES string of the molecule is C[C@H](CCNC(=O)c1ccc2ccnc(N3CCN(c4ccccc4)CC3)c2c1)N1CCCC1. The molecule has 0 unspecified atom stereocenters. The van der Waals surface area contributed by atoms with Gasteiger partial charge in [0.05, 0.1) is 0 Å². The maximum absolute atomic E-state index is 12.9. The first-order valence-corrected chi connectivity index (χ1v) is 12.6. The number of pyridine rings is 1. The van der Waals surface area contributed by atoms with Gasteiger partial charge in [0.25, 0.3) is 5.91 Å². The maximum Gasteiger partial charge on any atom is 0.251 e. The van der Waals surface area contributed by atoms with Gasteiger partial charge in [0, 0.05) is 61.6 Å². The number of benzene rings is 2. The summed E-state index contributed by atoms with van der Waals surface area (Å²) in [7, 11) is 0. The number of hydrogen-bond donors (Lipinski definition) is 1. The molecule has 5 rings (SSSR count). The summed E-state index contributed by atoms with van der Waals surface area (Å²) in [5, 5.41) is 5.30. The minimum atomic E-state index is -0.000720. The Morgan fingerprint density at radius 1 is 0.941 bits per heavy atom. The first kappa shape index (κ1) is 22.7. The highest BCUT2D eigenvalue weighted by molar-refractivity contribution is 6.01. The third-order valence-electron chi connectivity index (χ3n) is 7.32. The van der Waals surface area contributed by atoms with Crippen molar-refractivity contribution in [3.63, 3.8) is 0 Å². The average molecular weight is 458 g/mol. The van der Waals surface area contributed by atoms with Crippen LogP contribution in [0.3, 0.4) is 0 Å². The predicted molar refractivity (Wildman–Crippen MR) is 140 cm³/mol. The normalized spacial score (nSPS) is 17.8. The van der Waals surface area contributed by atoms with Gasteiger partial charge in [-0.05, 0) is 75.0 Å². The number of para-hydroxylation sites is 1. The third-order valence-corrected chi connectivity index (χ3v) is 7.32. The van der Waals surface area contributed by atoms with E-state index in [-0.39, 0.29) is 5.91 Å². The van der Waals surface area contributed by atoms with Crippen LogP contribution in [0.4, 0.5) is 11.5 Å². The van der Waals surface area contributed by atoms with Crippen molar-refractivity contribution in [1.82, 2.24) is 15.2 Å². The van der Waals surface area contributed by atoms with E-state index < -0.39 is 0 Å². The summed E-state index contributed by atoms with van der Waals surface area (Å²) in [6, 6.07) is 19.1. The van der Waals surface area contributed by atoms with Gasteiger partial charge in [0.15, 0.2) is 0 Å². The zero-order valence-electron chi connectivity index (χ0n) is 20.1. The number of nitrogens with zero attached hydrogens (tertiary/aromatic N) is 4. The number of likely N-dealkylation sites (tertiary alicyclic amines) is 1. The Bertz CT molecular complexity index is 1100.